The normalized spacial score (nSPS) is 18.2. The Labute approximate surface area is 166 Å². The predicted molar refractivity (Wildman–Crippen MR) is 111 cm³/mol. The van der Waals surface area contributed by atoms with Crippen molar-refractivity contribution in [3.63, 3.8) is 0 Å². The standard InChI is InChI=1S/C23H27N3O2/c1-6-28-17-10-11-20-18(12-17)15(2)13-23(4,5)26(20)22(27)19-14-25-16(3)8-7-9-21(25)24-19/h7-12,14-15H,6,13H2,1-5H3/t15-/m0/s1. The van der Waals surface area contributed by atoms with Gasteiger partial charge in [0.05, 0.1) is 6.61 Å². The zero-order valence-electron chi connectivity index (χ0n) is 17.2. The molecule has 5 heteroatoms. The number of fused-ring (bicyclic) bond motifs is 2. The van der Waals surface area contributed by atoms with Gasteiger partial charge in [-0.2, -0.15) is 0 Å². The highest BCUT2D eigenvalue weighted by Crippen LogP contribution is 2.45. The fourth-order valence-corrected chi connectivity index (χ4v) is 4.41. The minimum absolute atomic E-state index is 0.0644. The summed E-state index contributed by atoms with van der Waals surface area (Å²) in [6.07, 6.45) is 2.73. The summed E-state index contributed by atoms with van der Waals surface area (Å²) in [4.78, 5) is 20.1. The molecule has 3 heterocycles. The molecule has 0 fully saturated rings. The van der Waals surface area contributed by atoms with Crippen LogP contribution in [0.25, 0.3) is 5.65 Å². The molecular weight excluding hydrogens is 350 g/mol. The SMILES string of the molecule is CCOc1ccc2c(c1)[C@@H](C)CC(C)(C)N2C(=O)c1cn2c(C)cccc2n1. The maximum absolute atomic E-state index is 13.6. The Bertz CT molecular complexity index is 1050. The van der Waals surface area contributed by atoms with Crippen molar-refractivity contribution in [1.82, 2.24) is 9.38 Å². The van der Waals surface area contributed by atoms with Crippen LogP contribution in [0.3, 0.4) is 0 Å². The van der Waals surface area contributed by atoms with E-state index < -0.39 is 0 Å². The van der Waals surface area contributed by atoms with Crippen LogP contribution in [0, 0.1) is 6.92 Å². The molecule has 0 N–H and O–H groups in total. The third-order valence-corrected chi connectivity index (χ3v) is 5.61. The van der Waals surface area contributed by atoms with E-state index in [4.69, 9.17) is 4.74 Å². The summed E-state index contributed by atoms with van der Waals surface area (Å²) >= 11 is 0. The minimum Gasteiger partial charge on any atom is -0.494 e. The van der Waals surface area contributed by atoms with Crippen LogP contribution >= 0.6 is 0 Å². The highest BCUT2D eigenvalue weighted by molar-refractivity contribution is 6.07. The Hall–Kier alpha value is -2.82. The van der Waals surface area contributed by atoms with Crippen LogP contribution in [0.2, 0.25) is 0 Å². The van der Waals surface area contributed by atoms with Gasteiger partial charge in [-0.15, -0.1) is 0 Å². The van der Waals surface area contributed by atoms with Crippen molar-refractivity contribution in [1.29, 1.82) is 0 Å². The van der Waals surface area contributed by atoms with Crippen molar-refractivity contribution in [2.75, 3.05) is 11.5 Å². The van der Waals surface area contributed by atoms with Gasteiger partial charge in [0.1, 0.15) is 17.1 Å². The molecule has 1 aromatic carbocycles. The Kier molecular flexibility index (Phi) is 4.41. The molecule has 0 bridgehead atoms. The van der Waals surface area contributed by atoms with Crippen molar-refractivity contribution < 1.29 is 9.53 Å². The second-order valence-electron chi connectivity index (χ2n) is 8.23. The van der Waals surface area contributed by atoms with E-state index in [0.717, 1.165) is 34.8 Å². The number of carbonyl (C=O) groups excluding carboxylic acids is 1. The molecule has 0 radical (unpaired) electrons. The largest absolute Gasteiger partial charge is 0.494 e. The molecule has 1 aliphatic rings. The third kappa shape index (κ3) is 2.95. The van der Waals surface area contributed by atoms with Crippen molar-refractivity contribution >= 4 is 17.2 Å². The fourth-order valence-electron chi connectivity index (χ4n) is 4.41. The molecule has 5 nitrogen and oxygen atoms in total. The van der Waals surface area contributed by atoms with E-state index in [1.165, 1.54) is 0 Å². The number of pyridine rings is 1. The van der Waals surface area contributed by atoms with Crippen molar-refractivity contribution in [2.45, 2.75) is 52.5 Å². The Morgan fingerprint density at radius 2 is 2.07 bits per heavy atom. The molecule has 1 atom stereocenters. The first kappa shape index (κ1) is 18.5. The zero-order valence-corrected chi connectivity index (χ0v) is 17.2. The zero-order chi connectivity index (χ0) is 20.1. The van der Waals surface area contributed by atoms with Crippen molar-refractivity contribution in [2.24, 2.45) is 0 Å². The van der Waals surface area contributed by atoms with Gasteiger partial charge in [0.25, 0.3) is 5.91 Å². The summed E-state index contributed by atoms with van der Waals surface area (Å²) in [5.41, 5.74) is 4.11. The van der Waals surface area contributed by atoms with Crippen LogP contribution in [0.1, 0.15) is 61.8 Å². The lowest BCUT2D eigenvalue weighted by Gasteiger charge is -2.45. The molecule has 0 spiro atoms. The van der Waals surface area contributed by atoms with E-state index in [0.29, 0.717) is 18.2 Å². The summed E-state index contributed by atoms with van der Waals surface area (Å²) in [5.74, 6) is 1.13. The summed E-state index contributed by atoms with van der Waals surface area (Å²) in [5, 5.41) is 0. The van der Waals surface area contributed by atoms with Gasteiger partial charge in [-0.25, -0.2) is 4.98 Å². The lowest BCUT2D eigenvalue weighted by Crippen LogP contribution is -2.51. The highest BCUT2D eigenvalue weighted by atomic mass is 16.5. The molecule has 0 saturated heterocycles. The molecule has 1 aliphatic heterocycles. The molecule has 4 rings (SSSR count). The van der Waals surface area contributed by atoms with Crippen molar-refractivity contribution in [3.8, 4) is 5.75 Å². The van der Waals surface area contributed by atoms with E-state index in [-0.39, 0.29) is 11.4 Å². The van der Waals surface area contributed by atoms with E-state index in [1.807, 2.05) is 59.7 Å². The molecule has 0 saturated carbocycles. The van der Waals surface area contributed by atoms with E-state index >= 15 is 0 Å². The molecular formula is C23H27N3O2. The Morgan fingerprint density at radius 1 is 1.29 bits per heavy atom. The maximum Gasteiger partial charge on any atom is 0.279 e. The number of hydrogen-bond donors (Lipinski definition) is 0. The van der Waals surface area contributed by atoms with Gasteiger partial charge in [0, 0.05) is 23.1 Å². The lowest BCUT2D eigenvalue weighted by molar-refractivity contribution is 0.0949. The van der Waals surface area contributed by atoms with Gasteiger partial charge in [0.15, 0.2) is 0 Å². The molecule has 146 valence electrons. The number of benzene rings is 1. The summed E-state index contributed by atoms with van der Waals surface area (Å²) < 4.78 is 7.65. The Morgan fingerprint density at radius 3 is 2.79 bits per heavy atom. The maximum atomic E-state index is 13.6. The molecule has 3 aromatic rings. The van der Waals surface area contributed by atoms with Gasteiger partial charge in [-0.05, 0) is 75.9 Å². The first-order chi connectivity index (χ1) is 13.3. The van der Waals surface area contributed by atoms with Gasteiger partial charge in [-0.3, -0.25) is 4.79 Å². The topological polar surface area (TPSA) is 46.8 Å². The average molecular weight is 377 g/mol. The number of amides is 1. The number of hydrogen-bond acceptors (Lipinski definition) is 3. The predicted octanol–water partition coefficient (Wildman–Crippen LogP) is 4.97. The summed E-state index contributed by atoms with van der Waals surface area (Å²) in [7, 11) is 0. The van der Waals surface area contributed by atoms with Crippen LogP contribution in [0.15, 0.2) is 42.6 Å². The smallest absolute Gasteiger partial charge is 0.279 e. The number of aryl methyl sites for hydroxylation is 1. The second-order valence-corrected chi connectivity index (χ2v) is 8.23. The average Bonchev–Trinajstić information content (AvgIpc) is 3.07. The number of imidazole rings is 1. The highest BCUT2D eigenvalue weighted by Gasteiger charge is 2.41. The first-order valence-electron chi connectivity index (χ1n) is 9.88. The number of ether oxygens (including phenoxy) is 1. The number of rotatable bonds is 3. The quantitative estimate of drug-likeness (QED) is 0.647. The molecule has 2 aromatic heterocycles. The molecule has 0 aliphatic carbocycles. The van der Waals surface area contributed by atoms with E-state index in [2.05, 4.69) is 31.8 Å². The number of aromatic nitrogens is 2. The molecule has 28 heavy (non-hydrogen) atoms. The second kappa shape index (κ2) is 6.66. The summed E-state index contributed by atoms with van der Waals surface area (Å²) in [6.45, 7) is 11.1. The van der Waals surface area contributed by atoms with Crippen LogP contribution in [-0.2, 0) is 0 Å². The van der Waals surface area contributed by atoms with Crippen LogP contribution < -0.4 is 9.64 Å². The van der Waals surface area contributed by atoms with Gasteiger partial charge < -0.3 is 14.0 Å². The minimum atomic E-state index is -0.304. The first-order valence-corrected chi connectivity index (χ1v) is 9.88. The fraction of sp³-hybridized carbons (Fsp3) is 0.391. The van der Waals surface area contributed by atoms with E-state index in [9.17, 15) is 4.79 Å². The number of nitrogens with zero attached hydrogens (tertiary/aromatic N) is 3. The van der Waals surface area contributed by atoms with Gasteiger partial charge in [0.2, 0.25) is 0 Å². The van der Waals surface area contributed by atoms with Crippen LogP contribution in [-0.4, -0.2) is 27.4 Å². The monoisotopic (exact) mass is 377 g/mol. The van der Waals surface area contributed by atoms with Crippen LogP contribution in [0.4, 0.5) is 5.69 Å². The number of anilines is 1. The van der Waals surface area contributed by atoms with Crippen LogP contribution in [0.5, 0.6) is 5.75 Å². The number of carbonyl (C=O) groups is 1. The van der Waals surface area contributed by atoms with Gasteiger partial charge in [-0.1, -0.05) is 13.0 Å². The molecule has 1 amide bonds. The van der Waals surface area contributed by atoms with Crippen molar-refractivity contribution in [3.05, 3.63) is 59.5 Å². The Balaban J connectivity index is 1.81. The third-order valence-electron chi connectivity index (χ3n) is 5.61. The van der Waals surface area contributed by atoms with E-state index in [1.54, 1.807) is 0 Å². The summed E-state index contributed by atoms with van der Waals surface area (Å²) in [6, 6.07) is 11.9. The lowest BCUT2D eigenvalue weighted by atomic mass is 9.80. The molecule has 0 unspecified atom stereocenters. The van der Waals surface area contributed by atoms with Gasteiger partial charge >= 0.3 is 0 Å².